The highest BCUT2D eigenvalue weighted by atomic mass is 32.1. The maximum atomic E-state index is 13.8. The number of nitrogens with one attached hydrogen (secondary N) is 1. The molecule has 0 aliphatic carbocycles. The van der Waals surface area contributed by atoms with Gasteiger partial charge in [-0.25, -0.2) is 13.2 Å². The second-order valence-electron chi connectivity index (χ2n) is 6.94. The van der Waals surface area contributed by atoms with Crippen LogP contribution in [0.3, 0.4) is 0 Å². The Hall–Kier alpha value is -1.74. The Balaban J connectivity index is 2.36. The molecule has 0 amide bonds. The third-order valence-electron chi connectivity index (χ3n) is 3.90. The first kappa shape index (κ1) is 22.5. The fourth-order valence-corrected chi connectivity index (χ4v) is 4.03. The molecule has 2 nitrogen and oxygen atoms in total. The van der Waals surface area contributed by atoms with Crippen LogP contribution in [0, 0.1) is 23.4 Å². The Labute approximate surface area is 164 Å². The van der Waals surface area contributed by atoms with Crippen molar-refractivity contribution in [3.63, 3.8) is 0 Å². The Bertz CT molecular complexity index is 777. The number of nitrogens with zero attached hydrogens (tertiary/aromatic N) is 1. The molecule has 1 aromatic carbocycles. The van der Waals surface area contributed by atoms with Gasteiger partial charge in [0.25, 0.3) is 0 Å². The van der Waals surface area contributed by atoms with Crippen LogP contribution in [-0.2, 0) is 12.7 Å². The largest absolute Gasteiger partial charge is 0.417 e. The zero-order chi connectivity index (χ0) is 21.1. The van der Waals surface area contributed by atoms with E-state index >= 15 is 0 Å². The van der Waals surface area contributed by atoms with E-state index in [1.165, 1.54) is 0 Å². The highest BCUT2D eigenvalue weighted by Gasteiger charge is 2.36. The lowest BCUT2D eigenvalue weighted by molar-refractivity contribution is -0.138. The predicted molar refractivity (Wildman–Crippen MR) is 99.3 cm³/mol. The second-order valence-corrected chi connectivity index (χ2v) is 8.08. The molecule has 0 bridgehead atoms. The number of thiophene rings is 1. The van der Waals surface area contributed by atoms with Gasteiger partial charge in [-0.1, -0.05) is 20.8 Å². The summed E-state index contributed by atoms with van der Waals surface area (Å²) in [5.74, 6) is -3.25. The van der Waals surface area contributed by atoms with Crippen LogP contribution in [0.25, 0.3) is 0 Å². The summed E-state index contributed by atoms with van der Waals surface area (Å²) < 4.78 is 81.1. The average molecular weight is 424 g/mol. The zero-order valence-electron chi connectivity index (χ0n) is 15.8. The first-order valence-electron chi connectivity index (χ1n) is 8.85. The molecular weight excluding hydrogens is 402 g/mol. The predicted octanol–water partition coefficient (Wildman–Crippen LogP) is 6.80. The molecule has 0 aliphatic rings. The normalized spacial score (nSPS) is 12.2. The highest BCUT2D eigenvalue weighted by Crippen LogP contribution is 2.41. The quantitative estimate of drug-likeness (QED) is 0.469. The van der Waals surface area contributed by atoms with E-state index in [-0.39, 0.29) is 22.3 Å². The first-order chi connectivity index (χ1) is 13.0. The van der Waals surface area contributed by atoms with Gasteiger partial charge in [0, 0.05) is 30.1 Å². The summed E-state index contributed by atoms with van der Waals surface area (Å²) in [6.07, 6.45) is -3.81. The van der Waals surface area contributed by atoms with Crippen LogP contribution in [0.1, 0.15) is 37.6 Å². The maximum Gasteiger partial charge on any atom is 0.417 e. The van der Waals surface area contributed by atoms with Crippen molar-refractivity contribution < 1.29 is 26.3 Å². The first-order valence-corrected chi connectivity index (χ1v) is 9.66. The summed E-state index contributed by atoms with van der Waals surface area (Å²) in [4.78, 5) is 1.99. The number of hydrogen-bond donors (Lipinski definition) is 1. The van der Waals surface area contributed by atoms with Crippen molar-refractivity contribution in [1.29, 1.82) is 0 Å². The average Bonchev–Trinajstić information content (AvgIpc) is 2.93. The Morgan fingerprint density at radius 2 is 1.68 bits per heavy atom. The zero-order valence-corrected chi connectivity index (χ0v) is 16.6. The van der Waals surface area contributed by atoms with E-state index in [1.54, 1.807) is 0 Å². The summed E-state index contributed by atoms with van der Waals surface area (Å²) in [7, 11) is 0. The third kappa shape index (κ3) is 5.88. The fourth-order valence-electron chi connectivity index (χ4n) is 2.90. The van der Waals surface area contributed by atoms with Crippen molar-refractivity contribution in [3.8, 4) is 0 Å². The molecule has 2 rings (SSSR count). The van der Waals surface area contributed by atoms with Gasteiger partial charge in [-0.15, -0.1) is 11.3 Å². The summed E-state index contributed by atoms with van der Waals surface area (Å²) >= 11 is 0.784. The monoisotopic (exact) mass is 424 g/mol. The highest BCUT2D eigenvalue weighted by molar-refractivity contribution is 7.16. The summed E-state index contributed by atoms with van der Waals surface area (Å²) in [5, 5.41) is 2.27. The van der Waals surface area contributed by atoms with E-state index in [9.17, 15) is 26.3 Å². The number of halogens is 6. The fraction of sp³-hybridized carbons (Fsp3) is 0.474. The van der Waals surface area contributed by atoms with E-state index in [4.69, 9.17) is 0 Å². The molecule has 1 heterocycles. The molecule has 0 fully saturated rings. The van der Waals surface area contributed by atoms with Crippen molar-refractivity contribution in [2.45, 2.75) is 39.9 Å². The lowest BCUT2D eigenvalue weighted by atomic mass is 10.2. The van der Waals surface area contributed by atoms with Crippen LogP contribution >= 0.6 is 11.3 Å². The van der Waals surface area contributed by atoms with Crippen LogP contribution < -0.4 is 5.32 Å². The van der Waals surface area contributed by atoms with Crippen LogP contribution in [-0.4, -0.2) is 18.0 Å². The van der Waals surface area contributed by atoms with E-state index in [0.717, 1.165) is 23.8 Å². The SMILES string of the molecule is CCCN(Cc1sc(Nc2c(F)cc(F)cc2F)cc1C(F)(F)F)CC(C)C. The molecule has 156 valence electrons. The van der Waals surface area contributed by atoms with Gasteiger partial charge in [0.15, 0.2) is 11.6 Å². The summed E-state index contributed by atoms with van der Waals surface area (Å²) in [5.41, 5.74) is -1.52. The van der Waals surface area contributed by atoms with E-state index < -0.39 is 34.9 Å². The molecule has 0 radical (unpaired) electrons. The van der Waals surface area contributed by atoms with Crippen molar-refractivity contribution in [3.05, 3.63) is 46.1 Å². The molecule has 1 aromatic heterocycles. The van der Waals surface area contributed by atoms with Gasteiger partial charge in [-0.05, 0) is 24.9 Å². The van der Waals surface area contributed by atoms with Gasteiger partial charge < -0.3 is 5.32 Å². The summed E-state index contributed by atoms with van der Waals surface area (Å²) in [6, 6.07) is 1.77. The number of benzene rings is 1. The lowest BCUT2D eigenvalue weighted by Crippen LogP contribution is -2.28. The summed E-state index contributed by atoms with van der Waals surface area (Å²) in [6.45, 7) is 7.26. The molecule has 1 N–H and O–H groups in total. The molecule has 9 heteroatoms. The third-order valence-corrected chi connectivity index (χ3v) is 4.94. The molecular formula is C19H22F6N2S. The molecule has 0 spiro atoms. The van der Waals surface area contributed by atoms with E-state index in [1.807, 2.05) is 25.7 Å². The minimum atomic E-state index is -4.60. The Kier molecular flexibility index (Phi) is 7.39. The topological polar surface area (TPSA) is 15.3 Å². The number of anilines is 2. The number of hydrogen-bond acceptors (Lipinski definition) is 3. The molecule has 0 saturated carbocycles. The Morgan fingerprint density at radius 1 is 1.07 bits per heavy atom. The van der Waals surface area contributed by atoms with Gasteiger partial charge in [0.2, 0.25) is 0 Å². The lowest BCUT2D eigenvalue weighted by Gasteiger charge is -2.23. The smallest absolute Gasteiger partial charge is 0.342 e. The number of alkyl halides is 3. The maximum absolute atomic E-state index is 13.8. The van der Waals surface area contributed by atoms with Crippen molar-refractivity contribution >= 4 is 22.0 Å². The van der Waals surface area contributed by atoms with E-state index in [0.29, 0.717) is 25.2 Å². The van der Waals surface area contributed by atoms with Gasteiger partial charge >= 0.3 is 6.18 Å². The van der Waals surface area contributed by atoms with Crippen LogP contribution in [0.15, 0.2) is 18.2 Å². The van der Waals surface area contributed by atoms with Gasteiger partial charge in [0.1, 0.15) is 11.5 Å². The van der Waals surface area contributed by atoms with Crippen molar-refractivity contribution in [1.82, 2.24) is 4.90 Å². The molecule has 0 unspecified atom stereocenters. The molecule has 2 aromatic rings. The van der Waals surface area contributed by atoms with Crippen molar-refractivity contribution in [2.75, 3.05) is 18.4 Å². The van der Waals surface area contributed by atoms with Gasteiger partial charge in [-0.3, -0.25) is 4.90 Å². The standard InChI is InChI=1S/C19H22F6N2S/c1-4-5-27(9-11(2)3)10-16-13(19(23,24)25)8-17(28-16)26-18-14(21)6-12(20)7-15(18)22/h6-8,11,26H,4-5,9-10H2,1-3H3. The number of rotatable bonds is 8. The van der Waals surface area contributed by atoms with Crippen LogP contribution in [0.4, 0.5) is 37.0 Å². The van der Waals surface area contributed by atoms with Gasteiger partial charge in [-0.2, -0.15) is 13.2 Å². The molecule has 28 heavy (non-hydrogen) atoms. The second kappa shape index (κ2) is 9.17. The van der Waals surface area contributed by atoms with Crippen LogP contribution in [0.5, 0.6) is 0 Å². The van der Waals surface area contributed by atoms with Crippen LogP contribution in [0.2, 0.25) is 0 Å². The minimum absolute atomic E-state index is 0.0621. The minimum Gasteiger partial charge on any atom is -0.342 e. The van der Waals surface area contributed by atoms with Gasteiger partial charge in [0.05, 0.1) is 10.6 Å². The Morgan fingerprint density at radius 3 is 2.18 bits per heavy atom. The van der Waals surface area contributed by atoms with E-state index in [2.05, 4.69) is 5.32 Å². The molecule has 0 saturated heterocycles. The molecule has 0 atom stereocenters. The molecule has 0 aliphatic heterocycles. The van der Waals surface area contributed by atoms with Crippen molar-refractivity contribution in [2.24, 2.45) is 5.92 Å².